The summed E-state index contributed by atoms with van der Waals surface area (Å²) < 4.78 is 5.33. The van der Waals surface area contributed by atoms with Gasteiger partial charge >= 0.3 is 0 Å². The van der Waals surface area contributed by atoms with Gasteiger partial charge in [-0.15, -0.1) is 0 Å². The van der Waals surface area contributed by atoms with Crippen molar-refractivity contribution in [3.05, 3.63) is 35.9 Å². The van der Waals surface area contributed by atoms with Crippen LogP contribution >= 0.6 is 0 Å². The van der Waals surface area contributed by atoms with Gasteiger partial charge in [0.2, 0.25) is 11.8 Å². The number of likely N-dealkylation sites (tertiary alicyclic amines) is 1. The predicted molar refractivity (Wildman–Crippen MR) is 110 cm³/mol. The number of ether oxygens (including phenoxy) is 1. The van der Waals surface area contributed by atoms with Crippen molar-refractivity contribution < 1.29 is 19.1 Å². The topological polar surface area (TPSA) is 82.5 Å². The maximum Gasteiger partial charge on any atom is 0.270 e. The molecule has 160 valence electrons. The molecule has 8 nitrogen and oxygen atoms in total. The molecule has 3 aliphatic rings. The molecule has 3 aliphatic heterocycles. The van der Waals surface area contributed by atoms with Gasteiger partial charge in [-0.05, 0) is 18.4 Å². The summed E-state index contributed by atoms with van der Waals surface area (Å²) in [7, 11) is 0. The Morgan fingerprint density at radius 1 is 1.03 bits per heavy atom. The van der Waals surface area contributed by atoms with Gasteiger partial charge < -0.3 is 14.5 Å². The number of hydrazone groups is 1. The van der Waals surface area contributed by atoms with Crippen molar-refractivity contribution in [2.75, 3.05) is 39.4 Å². The fourth-order valence-corrected chi connectivity index (χ4v) is 4.22. The van der Waals surface area contributed by atoms with Crippen molar-refractivity contribution in [2.24, 2.45) is 11.0 Å². The molecule has 2 fully saturated rings. The van der Waals surface area contributed by atoms with E-state index in [2.05, 4.69) is 5.10 Å². The molecule has 2 saturated heterocycles. The lowest BCUT2D eigenvalue weighted by atomic mass is 9.95. The molecule has 30 heavy (non-hydrogen) atoms. The van der Waals surface area contributed by atoms with Crippen LogP contribution in [0.4, 0.5) is 0 Å². The first kappa shape index (κ1) is 20.5. The molecule has 0 radical (unpaired) electrons. The number of morpholine rings is 1. The van der Waals surface area contributed by atoms with Crippen LogP contribution in [-0.2, 0) is 25.7 Å². The lowest BCUT2D eigenvalue weighted by Gasteiger charge is -2.36. The number of piperidine rings is 1. The highest BCUT2D eigenvalue weighted by Gasteiger charge is 2.34. The molecular formula is C22H28N4O4. The summed E-state index contributed by atoms with van der Waals surface area (Å²) in [5.74, 6) is -0.288. The van der Waals surface area contributed by atoms with Gasteiger partial charge in [0.25, 0.3) is 5.91 Å². The average molecular weight is 412 g/mol. The highest BCUT2D eigenvalue weighted by atomic mass is 16.5. The molecule has 0 aliphatic carbocycles. The number of nitrogens with zero attached hydrogens (tertiary/aromatic N) is 4. The highest BCUT2D eigenvalue weighted by Crippen LogP contribution is 2.22. The molecule has 0 saturated carbocycles. The number of carbonyl (C=O) groups is 3. The number of benzene rings is 1. The maximum absolute atomic E-state index is 13.1. The second-order valence-corrected chi connectivity index (χ2v) is 8.01. The minimum absolute atomic E-state index is 0.0746. The van der Waals surface area contributed by atoms with E-state index in [1.54, 1.807) is 4.90 Å². The molecule has 0 aromatic heterocycles. The van der Waals surface area contributed by atoms with Crippen molar-refractivity contribution in [3.63, 3.8) is 0 Å². The Morgan fingerprint density at radius 3 is 2.57 bits per heavy atom. The number of carbonyl (C=O) groups excluding carboxylic acids is 3. The number of rotatable bonds is 4. The monoisotopic (exact) mass is 412 g/mol. The summed E-state index contributed by atoms with van der Waals surface area (Å²) in [5, 5.41) is 5.79. The van der Waals surface area contributed by atoms with E-state index in [-0.39, 0.29) is 30.1 Å². The minimum Gasteiger partial charge on any atom is -0.378 e. The van der Waals surface area contributed by atoms with E-state index in [0.717, 1.165) is 18.4 Å². The molecule has 3 amide bonds. The van der Waals surface area contributed by atoms with E-state index in [0.29, 0.717) is 58.1 Å². The van der Waals surface area contributed by atoms with Crippen LogP contribution in [0.5, 0.6) is 0 Å². The molecule has 0 unspecified atom stereocenters. The molecule has 0 N–H and O–H groups in total. The van der Waals surface area contributed by atoms with E-state index in [4.69, 9.17) is 4.74 Å². The summed E-state index contributed by atoms with van der Waals surface area (Å²) >= 11 is 0. The first-order valence-corrected chi connectivity index (χ1v) is 10.7. The van der Waals surface area contributed by atoms with Crippen molar-refractivity contribution >= 4 is 23.4 Å². The summed E-state index contributed by atoms with van der Waals surface area (Å²) in [4.78, 5) is 41.8. The lowest BCUT2D eigenvalue weighted by molar-refractivity contribution is -0.142. The average Bonchev–Trinajstić information content (AvgIpc) is 2.81. The minimum atomic E-state index is -0.174. The zero-order valence-corrected chi connectivity index (χ0v) is 17.2. The first-order valence-electron chi connectivity index (χ1n) is 10.7. The van der Waals surface area contributed by atoms with E-state index < -0.39 is 0 Å². The predicted octanol–water partition coefficient (Wildman–Crippen LogP) is 1.26. The van der Waals surface area contributed by atoms with E-state index in [1.165, 1.54) is 5.01 Å². The molecule has 1 atom stereocenters. The maximum atomic E-state index is 13.1. The van der Waals surface area contributed by atoms with Crippen molar-refractivity contribution in [1.29, 1.82) is 0 Å². The Morgan fingerprint density at radius 2 is 1.80 bits per heavy atom. The fraction of sp³-hybridized carbons (Fsp3) is 0.545. The van der Waals surface area contributed by atoms with Gasteiger partial charge in [-0.25, -0.2) is 5.01 Å². The van der Waals surface area contributed by atoms with Crippen LogP contribution in [0.15, 0.2) is 35.4 Å². The lowest BCUT2D eigenvalue weighted by Crippen LogP contribution is -2.51. The van der Waals surface area contributed by atoms with E-state index in [9.17, 15) is 14.4 Å². The fourth-order valence-electron chi connectivity index (χ4n) is 4.22. The van der Waals surface area contributed by atoms with Gasteiger partial charge in [0.1, 0.15) is 5.71 Å². The normalized spacial score (nSPS) is 22.7. The number of amides is 3. The second kappa shape index (κ2) is 9.38. The van der Waals surface area contributed by atoms with Crippen LogP contribution in [0.1, 0.15) is 31.2 Å². The van der Waals surface area contributed by atoms with Crippen LogP contribution in [0.3, 0.4) is 0 Å². The van der Waals surface area contributed by atoms with Gasteiger partial charge in [0, 0.05) is 39.0 Å². The van der Waals surface area contributed by atoms with E-state index in [1.807, 2.05) is 35.2 Å². The molecule has 0 spiro atoms. The Kier molecular flexibility index (Phi) is 6.42. The molecule has 8 heteroatoms. The molecule has 1 aromatic rings. The Balaban J connectivity index is 1.41. The Bertz CT molecular complexity index is 820. The Hall–Kier alpha value is -2.74. The van der Waals surface area contributed by atoms with Crippen molar-refractivity contribution in [3.8, 4) is 0 Å². The molecule has 1 aromatic carbocycles. The third kappa shape index (κ3) is 4.70. The van der Waals surface area contributed by atoms with Gasteiger partial charge in [-0.2, -0.15) is 5.10 Å². The zero-order chi connectivity index (χ0) is 20.9. The SMILES string of the molecule is O=C(C1=NN(Cc2ccccc2)C(=O)CC1)N1CCC[C@@H](C(=O)N2CCOCC2)C1. The number of hydrogen-bond acceptors (Lipinski definition) is 5. The zero-order valence-electron chi connectivity index (χ0n) is 17.2. The van der Waals surface area contributed by atoms with Gasteiger partial charge in [0.15, 0.2) is 0 Å². The molecule has 3 heterocycles. The van der Waals surface area contributed by atoms with Gasteiger partial charge in [-0.1, -0.05) is 30.3 Å². The standard InChI is InChI=1S/C22H28N4O4/c27-20-9-8-19(23-26(20)15-17-5-2-1-3-6-17)22(29)25-10-4-7-18(16-25)21(28)24-11-13-30-14-12-24/h1-3,5-6,18H,4,7-16H2/t18-/m1/s1. The summed E-state index contributed by atoms with van der Waals surface area (Å²) in [6, 6.07) is 9.62. The van der Waals surface area contributed by atoms with Crippen LogP contribution in [0.25, 0.3) is 0 Å². The second-order valence-electron chi connectivity index (χ2n) is 8.01. The molecule has 0 bridgehead atoms. The summed E-state index contributed by atoms with van der Waals surface area (Å²) in [6.45, 7) is 3.78. The molecular weight excluding hydrogens is 384 g/mol. The van der Waals surface area contributed by atoms with Crippen LogP contribution in [0, 0.1) is 5.92 Å². The van der Waals surface area contributed by atoms with Crippen molar-refractivity contribution in [1.82, 2.24) is 14.8 Å². The highest BCUT2D eigenvalue weighted by molar-refractivity contribution is 6.39. The van der Waals surface area contributed by atoms with Crippen LogP contribution in [0.2, 0.25) is 0 Å². The van der Waals surface area contributed by atoms with Gasteiger partial charge in [0.05, 0.1) is 25.7 Å². The third-order valence-electron chi connectivity index (χ3n) is 5.91. The first-order chi connectivity index (χ1) is 14.6. The smallest absolute Gasteiger partial charge is 0.270 e. The summed E-state index contributed by atoms with van der Waals surface area (Å²) in [6.07, 6.45) is 2.22. The van der Waals surface area contributed by atoms with Crippen LogP contribution < -0.4 is 0 Å². The van der Waals surface area contributed by atoms with Gasteiger partial charge in [-0.3, -0.25) is 14.4 Å². The van der Waals surface area contributed by atoms with E-state index >= 15 is 0 Å². The quantitative estimate of drug-likeness (QED) is 0.746. The summed E-state index contributed by atoms with van der Waals surface area (Å²) in [5.41, 5.74) is 1.38. The van der Waals surface area contributed by atoms with Crippen molar-refractivity contribution in [2.45, 2.75) is 32.2 Å². The Labute approximate surface area is 176 Å². The van der Waals surface area contributed by atoms with Crippen LogP contribution in [-0.4, -0.2) is 77.6 Å². The third-order valence-corrected chi connectivity index (χ3v) is 5.91. The molecule has 4 rings (SSSR count). The number of hydrogen-bond donors (Lipinski definition) is 0. The largest absolute Gasteiger partial charge is 0.378 e.